The lowest BCUT2D eigenvalue weighted by Crippen LogP contribution is -2.50. The average molecular weight is 490 g/mol. The maximum Gasteiger partial charge on any atom is 0.270 e. The molecule has 2 heterocycles. The van der Waals surface area contributed by atoms with Crippen LogP contribution in [0.5, 0.6) is 0 Å². The van der Waals surface area contributed by atoms with Crippen LogP contribution >= 0.6 is 11.6 Å². The summed E-state index contributed by atoms with van der Waals surface area (Å²) in [5.74, 6) is -0.526. The van der Waals surface area contributed by atoms with E-state index in [1.807, 2.05) is 12.1 Å². The second-order valence-electron chi connectivity index (χ2n) is 9.29. The van der Waals surface area contributed by atoms with Crippen LogP contribution < -0.4 is 5.32 Å². The number of nitrogens with zero attached hydrogens (tertiary/aromatic N) is 2. The molecule has 1 aromatic carbocycles. The van der Waals surface area contributed by atoms with E-state index in [-0.39, 0.29) is 18.4 Å². The molecule has 0 radical (unpaired) electrons. The van der Waals surface area contributed by atoms with Gasteiger partial charge >= 0.3 is 0 Å². The number of amides is 2. The van der Waals surface area contributed by atoms with Gasteiger partial charge in [-0.1, -0.05) is 29.8 Å². The Balaban J connectivity index is 1.47. The van der Waals surface area contributed by atoms with E-state index in [9.17, 15) is 18.0 Å². The fourth-order valence-electron chi connectivity index (χ4n) is 4.27. The molecule has 2 aromatic rings. The SMILES string of the molecule is C=CC(C)(C)S(=O)(=O)C1(CN2CCn3c(C(=O)NCc4ccc(Cl)cc4)ccc3C2=O)CC1. The van der Waals surface area contributed by atoms with Crippen LogP contribution in [0.3, 0.4) is 0 Å². The Morgan fingerprint density at radius 1 is 1.18 bits per heavy atom. The van der Waals surface area contributed by atoms with E-state index >= 15 is 0 Å². The van der Waals surface area contributed by atoms with E-state index in [2.05, 4.69) is 11.9 Å². The standard InChI is InChI=1S/C24H28ClN3O4S/c1-4-23(2,3)33(31,32)24(11-12-24)16-27-13-14-28-19(9-10-20(28)22(27)30)21(29)26-15-17-5-7-18(25)8-6-17/h4-10H,1,11-16H2,2-3H3,(H,26,29). The summed E-state index contributed by atoms with van der Waals surface area (Å²) >= 11 is 5.89. The van der Waals surface area contributed by atoms with Gasteiger partial charge in [-0.25, -0.2) is 8.42 Å². The Morgan fingerprint density at radius 3 is 2.45 bits per heavy atom. The van der Waals surface area contributed by atoms with Crippen molar-refractivity contribution in [1.29, 1.82) is 0 Å². The third-order valence-corrected chi connectivity index (χ3v) is 10.2. The molecule has 0 bridgehead atoms. The Morgan fingerprint density at radius 2 is 1.85 bits per heavy atom. The highest BCUT2D eigenvalue weighted by atomic mass is 35.5. The van der Waals surface area contributed by atoms with Crippen molar-refractivity contribution >= 4 is 33.3 Å². The Bertz CT molecular complexity index is 1210. The van der Waals surface area contributed by atoms with Gasteiger partial charge in [0.2, 0.25) is 0 Å². The van der Waals surface area contributed by atoms with Gasteiger partial charge in [-0.2, -0.15) is 0 Å². The molecule has 1 saturated carbocycles. The highest BCUT2D eigenvalue weighted by Crippen LogP contribution is 2.49. The molecule has 1 fully saturated rings. The number of hydrogen-bond acceptors (Lipinski definition) is 4. The number of rotatable bonds is 8. The zero-order valence-electron chi connectivity index (χ0n) is 18.8. The second-order valence-corrected chi connectivity index (χ2v) is 12.6. The largest absolute Gasteiger partial charge is 0.347 e. The highest BCUT2D eigenvalue weighted by molar-refractivity contribution is 7.94. The highest BCUT2D eigenvalue weighted by Gasteiger charge is 2.60. The number of sulfone groups is 1. The van der Waals surface area contributed by atoms with Gasteiger partial charge in [-0.05, 0) is 56.5 Å². The first kappa shape index (κ1) is 23.6. The number of benzene rings is 1. The molecule has 33 heavy (non-hydrogen) atoms. The van der Waals surface area contributed by atoms with Crippen molar-refractivity contribution in [3.63, 3.8) is 0 Å². The molecule has 0 spiro atoms. The maximum atomic E-state index is 13.2. The van der Waals surface area contributed by atoms with Crippen molar-refractivity contribution in [1.82, 2.24) is 14.8 Å². The van der Waals surface area contributed by atoms with E-state index in [0.717, 1.165) is 5.56 Å². The lowest BCUT2D eigenvalue weighted by Gasteiger charge is -2.34. The monoisotopic (exact) mass is 489 g/mol. The molecule has 2 aliphatic rings. The lowest BCUT2D eigenvalue weighted by atomic mass is 10.2. The summed E-state index contributed by atoms with van der Waals surface area (Å²) in [6, 6.07) is 10.5. The van der Waals surface area contributed by atoms with Crippen molar-refractivity contribution in [3.8, 4) is 0 Å². The minimum atomic E-state index is -3.51. The Kier molecular flexibility index (Phi) is 5.95. The summed E-state index contributed by atoms with van der Waals surface area (Å²) in [5.41, 5.74) is 1.72. The van der Waals surface area contributed by atoms with Gasteiger partial charge in [0.25, 0.3) is 11.8 Å². The van der Waals surface area contributed by atoms with E-state index in [4.69, 9.17) is 11.6 Å². The first-order valence-electron chi connectivity index (χ1n) is 10.9. The molecule has 1 aromatic heterocycles. The first-order valence-corrected chi connectivity index (χ1v) is 12.8. The first-order chi connectivity index (χ1) is 15.5. The lowest BCUT2D eigenvalue weighted by molar-refractivity contribution is 0.0698. The van der Waals surface area contributed by atoms with E-state index in [0.29, 0.717) is 48.9 Å². The number of hydrogen-bond donors (Lipinski definition) is 1. The molecule has 7 nitrogen and oxygen atoms in total. The van der Waals surface area contributed by atoms with Gasteiger partial charge in [0.15, 0.2) is 9.84 Å². The number of fused-ring (bicyclic) bond motifs is 1. The predicted molar refractivity (Wildman–Crippen MR) is 128 cm³/mol. The van der Waals surface area contributed by atoms with Gasteiger partial charge in [0.05, 0.1) is 9.49 Å². The van der Waals surface area contributed by atoms with Crippen molar-refractivity contribution in [2.24, 2.45) is 0 Å². The third kappa shape index (κ3) is 4.10. The van der Waals surface area contributed by atoms with Crippen LogP contribution in [-0.2, 0) is 22.9 Å². The molecule has 176 valence electrons. The summed E-state index contributed by atoms with van der Waals surface area (Å²) in [6.45, 7) is 8.26. The Labute approximate surface area is 199 Å². The molecular formula is C24H28ClN3O4S. The molecule has 0 unspecified atom stereocenters. The van der Waals surface area contributed by atoms with Crippen molar-refractivity contribution in [2.45, 2.75) is 49.3 Å². The zero-order valence-corrected chi connectivity index (χ0v) is 20.4. The molecular weight excluding hydrogens is 462 g/mol. The summed E-state index contributed by atoms with van der Waals surface area (Å²) in [6.07, 6.45) is 2.53. The Hall–Kier alpha value is -2.58. The fourth-order valence-corrected chi connectivity index (χ4v) is 6.70. The summed E-state index contributed by atoms with van der Waals surface area (Å²) in [5, 5.41) is 3.50. The van der Waals surface area contributed by atoms with Crippen LogP contribution in [-0.4, -0.2) is 52.3 Å². The number of nitrogens with one attached hydrogen (secondary N) is 1. The van der Waals surface area contributed by atoms with Crippen LogP contribution in [0.2, 0.25) is 5.02 Å². The van der Waals surface area contributed by atoms with Gasteiger partial charge in [-0.3, -0.25) is 9.59 Å². The van der Waals surface area contributed by atoms with Gasteiger partial charge in [0.1, 0.15) is 11.4 Å². The molecule has 9 heteroatoms. The van der Waals surface area contributed by atoms with E-state index < -0.39 is 19.3 Å². The van der Waals surface area contributed by atoms with Gasteiger partial charge in [-0.15, -0.1) is 6.58 Å². The number of aromatic nitrogens is 1. The number of carbonyl (C=O) groups excluding carboxylic acids is 2. The molecule has 1 aliphatic heterocycles. The minimum absolute atomic E-state index is 0.161. The van der Waals surface area contributed by atoms with Crippen LogP contribution in [0.4, 0.5) is 0 Å². The molecule has 4 rings (SSSR count). The molecule has 2 amide bonds. The number of carbonyl (C=O) groups is 2. The number of halogens is 1. The molecule has 1 aliphatic carbocycles. The minimum Gasteiger partial charge on any atom is -0.347 e. The smallest absolute Gasteiger partial charge is 0.270 e. The van der Waals surface area contributed by atoms with E-state index in [1.54, 1.807) is 47.6 Å². The molecule has 1 N–H and O–H groups in total. The third-order valence-electron chi connectivity index (χ3n) is 6.72. The van der Waals surface area contributed by atoms with Crippen LogP contribution in [0.1, 0.15) is 53.2 Å². The van der Waals surface area contributed by atoms with Crippen LogP contribution in [0.25, 0.3) is 0 Å². The predicted octanol–water partition coefficient (Wildman–Crippen LogP) is 3.44. The van der Waals surface area contributed by atoms with Gasteiger partial charge in [0, 0.05) is 31.2 Å². The summed E-state index contributed by atoms with van der Waals surface area (Å²) in [4.78, 5) is 27.5. The van der Waals surface area contributed by atoms with Gasteiger partial charge < -0.3 is 14.8 Å². The quantitative estimate of drug-likeness (QED) is 0.575. The zero-order chi connectivity index (χ0) is 24.0. The summed E-state index contributed by atoms with van der Waals surface area (Å²) in [7, 11) is -3.51. The maximum absolute atomic E-state index is 13.2. The van der Waals surface area contributed by atoms with Crippen molar-refractivity contribution in [2.75, 3.05) is 13.1 Å². The molecule has 0 atom stereocenters. The summed E-state index contributed by atoms with van der Waals surface area (Å²) < 4.78 is 26.2. The normalized spacial score (nSPS) is 17.4. The fraction of sp³-hybridized carbons (Fsp3) is 0.417. The second kappa shape index (κ2) is 8.33. The van der Waals surface area contributed by atoms with Crippen molar-refractivity contribution in [3.05, 3.63) is 71.0 Å². The van der Waals surface area contributed by atoms with E-state index in [1.165, 1.54) is 6.08 Å². The van der Waals surface area contributed by atoms with Crippen LogP contribution in [0.15, 0.2) is 49.1 Å². The molecule has 0 saturated heterocycles. The van der Waals surface area contributed by atoms with Crippen LogP contribution in [0, 0.1) is 0 Å². The average Bonchev–Trinajstić information content (AvgIpc) is 3.45. The topological polar surface area (TPSA) is 88.5 Å². The van der Waals surface area contributed by atoms with Crippen molar-refractivity contribution < 1.29 is 18.0 Å².